The molecular weight excluding hydrogens is 354 g/mol. The van der Waals surface area contributed by atoms with E-state index in [2.05, 4.69) is 53.3 Å². The lowest BCUT2D eigenvalue weighted by Crippen LogP contribution is -1.99. The van der Waals surface area contributed by atoms with Crippen LogP contribution in [0.2, 0.25) is 0 Å². The summed E-state index contributed by atoms with van der Waals surface area (Å²) in [5.74, 6) is 0.753. The van der Waals surface area contributed by atoms with Crippen LogP contribution in [0.25, 0.3) is 10.9 Å². The second-order valence-corrected chi connectivity index (χ2v) is 7.62. The molecule has 3 rings (SSSR count). The van der Waals surface area contributed by atoms with Gasteiger partial charge in [-0.25, -0.2) is 0 Å². The molecule has 0 aliphatic heterocycles. The van der Waals surface area contributed by atoms with Crippen LogP contribution < -0.4 is 0 Å². The van der Waals surface area contributed by atoms with E-state index in [1.54, 1.807) is 0 Å². The second-order valence-electron chi connectivity index (χ2n) is 6.57. The molecule has 140 valence electrons. The number of ether oxygens (including phenoxy) is 1. The van der Waals surface area contributed by atoms with Gasteiger partial charge in [0.15, 0.2) is 0 Å². The van der Waals surface area contributed by atoms with Crippen molar-refractivity contribution in [2.75, 3.05) is 7.11 Å². The van der Waals surface area contributed by atoms with Crippen molar-refractivity contribution in [3.8, 4) is 0 Å². The van der Waals surface area contributed by atoms with Crippen molar-refractivity contribution >= 4 is 28.6 Å². The van der Waals surface area contributed by atoms with Crippen LogP contribution in [-0.4, -0.2) is 18.1 Å². The first kappa shape index (κ1) is 19.4. The molecule has 1 heterocycles. The normalized spacial score (nSPS) is 10.9. The van der Waals surface area contributed by atoms with Gasteiger partial charge in [0, 0.05) is 22.5 Å². The molecule has 0 spiro atoms. The summed E-state index contributed by atoms with van der Waals surface area (Å²) in [7, 11) is 1.44. The van der Waals surface area contributed by atoms with Crippen LogP contribution in [0, 0.1) is 0 Å². The Balaban J connectivity index is 1.49. The standard InChI is InChI=1S/C23H25NO2S/c1-26-23(25)13-4-2-3-8-18-9-7-11-21(16-18)27-17-20-15-14-19-10-5-6-12-22(19)24-20/h5-7,9-12,14-16H,2-4,8,13,17H2,1H3. The number of hydrogen-bond acceptors (Lipinski definition) is 4. The van der Waals surface area contributed by atoms with Gasteiger partial charge >= 0.3 is 5.97 Å². The Morgan fingerprint density at radius 3 is 2.78 bits per heavy atom. The van der Waals surface area contributed by atoms with E-state index in [4.69, 9.17) is 4.98 Å². The number of pyridine rings is 1. The average Bonchev–Trinajstić information content (AvgIpc) is 2.72. The monoisotopic (exact) mass is 379 g/mol. The predicted octanol–water partition coefficient (Wildman–Crippen LogP) is 5.80. The summed E-state index contributed by atoms with van der Waals surface area (Å²) in [6.45, 7) is 0. The molecule has 0 atom stereocenters. The van der Waals surface area contributed by atoms with Crippen molar-refractivity contribution in [3.05, 3.63) is 71.9 Å². The zero-order valence-corrected chi connectivity index (χ0v) is 16.5. The van der Waals surface area contributed by atoms with Crippen molar-refractivity contribution in [1.82, 2.24) is 4.98 Å². The maximum atomic E-state index is 11.1. The number of carbonyl (C=O) groups excluding carboxylic acids is 1. The van der Waals surface area contributed by atoms with Gasteiger partial charge in [0.1, 0.15) is 0 Å². The van der Waals surface area contributed by atoms with E-state index < -0.39 is 0 Å². The fraction of sp³-hybridized carbons (Fsp3) is 0.304. The number of rotatable bonds is 9. The second kappa shape index (κ2) is 10.1. The molecule has 0 bridgehead atoms. The third kappa shape index (κ3) is 6.10. The average molecular weight is 380 g/mol. The Kier molecular flexibility index (Phi) is 7.28. The lowest BCUT2D eigenvalue weighted by Gasteiger charge is -2.06. The quantitative estimate of drug-likeness (QED) is 0.267. The highest BCUT2D eigenvalue weighted by Crippen LogP contribution is 2.24. The molecule has 0 radical (unpaired) electrons. The Hall–Kier alpha value is -2.33. The zero-order chi connectivity index (χ0) is 18.9. The SMILES string of the molecule is COC(=O)CCCCCc1cccc(SCc2ccc3ccccc3n2)c1. The lowest BCUT2D eigenvalue weighted by atomic mass is 10.1. The fourth-order valence-corrected chi connectivity index (χ4v) is 3.90. The number of para-hydroxylation sites is 1. The maximum Gasteiger partial charge on any atom is 0.305 e. The van der Waals surface area contributed by atoms with E-state index in [0.717, 1.165) is 42.6 Å². The molecule has 0 N–H and O–H groups in total. The molecular formula is C23H25NO2S. The Morgan fingerprint density at radius 2 is 1.89 bits per heavy atom. The van der Waals surface area contributed by atoms with Crippen molar-refractivity contribution in [3.63, 3.8) is 0 Å². The molecule has 0 aliphatic carbocycles. The van der Waals surface area contributed by atoms with E-state index in [9.17, 15) is 4.79 Å². The number of benzene rings is 2. The van der Waals surface area contributed by atoms with Crippen LogP contribution >= 0.6 is 11.8 Å². The summed E-state index contributed by atoms with van der Waals surface area (Å²) in [4.78, 5) is 17.1. The molecule has 0 saturated carbocycles. The van der Waals surface area contributed by atoms with Gasteiger partial charge in [-0.05, 0) is 49.1 Å². The molecule has 0 fully saturated rings. The Labute approximate surface area is 165 Å². The predicted molar refractivity (Wildman–Crippen MR) is 112 cm³/mol. The van der Waals surface area contributed by atoms with Crippen LogP contribution in [-0.2, 0) is 21.7 Å². The van der Waals surface area contributed by atoms with Gasteiger partial charge in [0.25, 0.3) is 0 Å². The summed E-state index contributed by atoms with van der Waals surface area (Å²) in [5, 5.41) is 1.18. The molecule has 3 aromatic rings. The highest BCUT2D eigenvalue weighted by molar-refractivity contribution is 7.98. The fourth-order valence-electron chi connectivity index (χ4n) is 3.01. The van der Waals surface area contributed by atoms with Crippen LogP contribution in [0.4, 0.5) is 0 Å². The largest absolute Gasteiger partial charge is 0.469 e. The molecule has 27 heavy (non-hydrogen) atoms. The maximum absolute atomic E-state index is 11.1. The Bertz CT molecular complexity index is 894. The van der Waals surface area contributed by atoms with E-state index in [1.165, 1.54) is 23.0 Å². The van der Waals surface area contributed by atoms with E-state index >= 15 is 0 Å². The third-order valence-electron chi connectivity index (χ3n) is 4.52. The number of hydrogen-bond donors (Lipinski definition) is 0. The summed E-state index contributed by atoms with van der Waals surface area (Å²) in [5.41, 5.74) is 3.51. The van der Waals surface area contributed by atoms with Crippen LogP contribution in [0.3, 0.4) is 0 Å². The first-order valence-corrected chi connectivity index (χ1v) is 10.4. The summed E-state index contributed by atoms with van der Waals surface area (Å²) >= 11 is 1.82. The molecule has 1 aromatic heterocycles. The van der Waals surface area contributed by atoms with Gasteiger partial charge < -0.3 is 4.74 Å². The van der Waals surface area contributed by atoms with E-state index in [-0.39, 0.29) is 5.97 Å². The number of nitrogens with zero attached hydrogens (tertiary/aromatic N) is 1. The van der Waals surface area contributed by atoms with Crippen molar-refractivity contribution in [2.45, 2.75) is 42.8 Å². The van der Waals surface area contributed by atoms with Crippen LogP contribution in [0.5, 0.6) is 0 Å². The minimum Gasteiger partial charge on any atom is -0.469 e. The molecule has 0 aliphatic rings. The smallest absolute Gasteiger partial charge is 0.305 e. The topological polar surface area (TPSA) is 39.2 Å². The number of aromatic nitrogens is 1. The van der Waals surface area contributed by atoms with Crippen molar-refractivity contribution < 1.29 is 9.53 Å². The highest BCUT2D eigenvalue weighted by Gasteiger charge is 2.03. The summed E-state index contributed by atoms with van der Waals surface area (Å²) < 4.78 is 4.67. The molecule has 0 unspecified atom stereocenters. The summed E-state index contributed by atoms with van der Waals surface area (Å²) in [6.07, 6.45) is 4.61. The number of esters is 1. The first-order chi connectivity index (χ1) is 13.2. The zero-order valence-electron chi connectivity index (χ0n) is 15.7. The number of unbranched alkanes of at least 4 members (excludes halogenated alkanes) is 2. The van der Waals surface area contributed by atoms with Gasteiger partial charge in [-0.2, -0.15) is 0 Å². The first-order valence-electron chi connectivity index (χ1n) is 9.38. The summed E-state index contributed by atoms with van der Waals surface area (Å²) in [6, 6.07) is 21.2. The number of fused-ring (bicyclic) bond motifs is 1. The van der Waals surface area contributed by atoms with Crippen LogP contribution in [0.15, 0.2) is 65.6 Å². The molecule has 4 heteroatoms. The number of aryl methyl sites for hydroxylation is 1. The molecule has 3 nitrogen and oxygen atoms in total. The highest BCUT2D eigenvalue weighted by atomic mass is 32.2. The van der Waals surface area contributed by atoms with Gasteiger partial charge in [-0.15, -0.1) is 11.8 Å². The van der Waals surface area contributed by atoms with Crippen molar-refractivity contribution in [2.24, 2.45) is 0 Å². The molecule has 0 amide bonds. The van der Waals surface area contributed by atoms with E-state index in [1.807, 2.05) is 23.9 Å². The lowest BCUT2D eigenvalue weighted by molar-refractivity contribution is -0.140. The minimum absolute atomic E-state index is 0.115. The number of thioether (sulfide) groups is 1. The van der Waals surface area contributed by atoms with Gasteiger partial charge in [0.2, 0.25) is 0 Å². The van der Waals surface area contributed by atoms with Crippen LogP contribution in [0.1, 0.15) is 36.9 Å². The Morgan fingerprint density at radius 1 is 1.00 bits per heavy atom. The van der Waals surface area contributed by atoms with Gasteiger partial charge in [-0.3, -0.25) is 9.78 Å². The molecule has 2 aromatic carbocycles. The van der Waals surface area contributed by atoms with Crippen molar-refractivity contribution in [1.29, 1.82) is 0 Å². The minimum atomic E-state index is -0.115. The number of carbonyl (C=O) groups is 1. The van der Waals surface area contributed by atoms with E-state index in [0.29, 0.717) is 6.42 Å². The van der Waals surface area contributed by atoms with Gasteiger partial charge in [0.05, 0.1) is 18.3 Å². The molecule has 0 saturated heterocycles. The third-order valence-corrected chi connectivity index (χ3v) is 5.54. The van der Waals surface area contributed by atoms with Gasteiger partial charge in [-0.1, -0.05) is 42.8 Å². The number of methoxy groups -OCH3 is 1.